The van der Waals surface area contributed by atoms with Crippen molar-refractivity contribution in [3.05, 3.63) is 47.6 Å². The fourth-order valence-corrected chi connectivity index (χ4v) is 2.25. The maximum Gasteiger partial charge on any atom is 0.176 e. The Bertz CT molecular complexity index is 776. The van der Waals surface area contributed by atoms with Gasteiger partial charge in [-0.05, 0) is 19.1 Å². The van der Waals surface area contributed by atoms with Crippen LogP contribution in [0.2, 0.25) is 5.02 Å². The number of hydrogen-bond donors (Lipinski definition) is 1. The topological polar surface area (TPSA) is 42.2 Å². The molecule has 0 aliphatic heterocycles. The van der Waals surface area contributed by atoms with Gasteiger partial charge in [-0.25, -0.2) is 9.50 Å². The minimum atomic E-state index is 0.590. The minimum Gasteiger partial charge on any atom is -0.366 e. The van der Waals surface area contributed by atoms with Crippen LogP contribution in [0.1, 0.15) is 5.69 Å². The lowest BCUT2D eigenvalue weighted by Crippen LogP contribution is -2.04. The van der Waals surface area contributed by atoms with Crippen molar-refractivity contribution in [2.24, 2.45) is 0 Å². The summed E-state index contributed by atoms with van der Waals surface area (Å²) >= 11 is 6.25. The SMILES string of the molecule is C=CCNc1nc2c(Cl)c(C)nn2c2ccccc12. The van der Waals surface area contributed by atoms with Crippen molar-refractivity contribution in [2.45, 2.75) is 6.92 Å². The molecule has 1 N–H and O–H groups in total. The first-order valence-corrected chi connectivity index (χ1v) is 6.38. The molecule has 0 bridgehead atoms. The number of nitrogens with zero attached hydrogens (tertiary/aromatic N) is 3. The Balaban J connectivity index is 2.39. The van der Waals surface area contributed by atoms with E-state index in [1.165, 1.54) is 0 Å². The fourth-order valence-electron chi connectivity index (χ4n) is 2.09. The molecule has 0 aliphatic rings. The molecule has 0 radical (unpaired) electrons. The summed E-state index contributed by atoms with van der Waals surface area (Å²) in [4.78, 5) is 4.57. The van der Waals surface area contributed by atoms with E-state index in [9.17, 15) is 0 Å². The van der Waals surface area contributed by atoms with Gasteiger partial charge in [0, 0.05) is 11.9 Å². The van der Waals surface area contributed by atoms with Gasteiger partial charge in [0.05, 0.1) is 11.2 Å². The highest BCUT2D eigenvalue weighted by Crippen LogP contribution is 2.27. The second kappa shape index (κ2) is 4.55. The molecule has 2 aromatic heterocycles. The van der Waals surface area contributed by atoms with E-state index in [-0.39, 0.29) is 0 Å². The average molecular weight is 273 g/mol. The van der Waals surface area contributed by atoms with Gasteiger partial charge in [0.25, 0.3) is 0 Å². The number of aromatic nitrogens is 3. The summed E-state index contributed by atoms with van der Waals surface area (Å²) in [5.74, 6) is 0.796. The zero-order valence-electron chi connectivity index (χ0n) is 10.5. The highest BCUT2D eigenvalue weighted by atomic mass is 35.5. The quantitative estimate of drug-likeness (QED) is 0.743. The zero-order valence-corrected chi connectivity index (χ0v) is 11.3. The number of nitrogens with one attached hydrogen (secondary N) is 1. The van der Waals surface area contributed by atoms with Crippen molar-refractivity contribution < 1.29 is 0 Å². The molecule has 96 valence electrons. The second-order valence-corrected chi connectivity index (χ2v) is 4.66. The van der Waals surface area contributed by atoms with Gasteiger partial charge in [-0.1, -0.05) is 29.8 Å². The molecule has 1 aromatic carbocycles. The summed E-state index contributed by atoms with van der Waals surface area (Å²) < 4.78 is 1.78. The van der Waals surface area contributed by atoms with Crippen molar-refractivity contribution in [1.29, 1.82) is 0 Å². The molecule has 0 aliphatic carbocycles. The van der Waals surface area contributed by atoms with Crippen LogP contribution in [-0.2, 0) is 0 Å². The summed E-state index contributed by atoms with van der Waals surface area (Å²) in [5, 5.41) is 9.27. The van der Waals surface area contributed by atoms with Crippen LogP contribution in [0.3, 0.4) is 0 Å². The standard InChI is InChI=1S/C14H13ClN4/c1-3-8-16-13-10-6-4-5-7-11(10)19-14(17-13)12(15)9(2)18-19/h3-7H,1,8H2,2H3,(H,16,17). The lowest BCUT2D eigenvalue weighted by Gasteiger charge is -2.08. The van der Waals surface area contributed by atoms with Crippen molar-refractivity contribution in [1.82, 2.24) is 14.6 Å². The highest BCUT2D eigenvalue weighted by Gasteiger charge is 2.13. The number of anilines is 1. The van der Waals surface area contributed by atoms with E-state index >= 15 is 0 Å². The van der Waals surface area contributed by atoms with E-state index in [0.717, 1.165) is 22.4 Å². The molecule has 0 atom stereocenters. The molecule has 0 spiro atoms. The Hall–Kier alpha value is -2.07. The maximum atomic E-state index is 6.25. The first kappa shape index (κ1) is 12.0. The van der Waals surface area contributed by atoms with Crippen LogP contribution in [0.4, 0.5) is 5.82 Å². The first-order chi connectivity index (χ1) is 9.22. The number of hydrogen-bond acceptors (Lipinski definition) is 3. The Labute approximate surface area is 115 Å². The van der Waals surface area contributed by atoms with Crippen molar-refractivity contribution in [2.75, 3.05) is 11.9 Å². The molecule has 0 fully saturated rings. The number of fused-ring (bicyclic) bond motifs is 3. The summed E-state index contributed by atoms with van der Waals surface area (Å²) in [5.41, 5.74) is 2.43. The number of para-hydroxylation sites is 1. The first-order valence-electron chi connectivity index (χ1n) is 6.00. The van der Waals surface area contributed by atoms with Crippen LogP contribution in [0.25, 0.3) is 16.6 Å². The predicted octanol–water partition coefficient (Wildman–Crippen LogP) is 3.44. The van der Waals surface area contributed by atoms with E-state index < -0.39 is 0 Å². The van der Waals surface area contributed by atoms with E-state index in [1.54, 1.807) is 10.6 Å². The van der Waals surface area contributed by atoms with Gasteiger partial charge in [-0.2, -0.15) is 5.10 Å². The monoisotopic (exact) mass is 272 g/mol. The molecule has 0 amide bonds. The van der Waals surface area contributed by atoms with Crippen molar-refractivity contribution in [3.63, 3.8) is 0 Å². The lowest BCUT2D eigenvalue weighted by molar-refractivity contribution is 0.956. The third-order valence-electron chi connectivity index (χ3n) is 2.98. The molecular formula is C14H13ClN4. The van der Waals surface area contributed by atoms with Crippen LogP contribution < -0.4 is 5.32 Å². The molecule has 0 saturated heterocycles. The summed E-state index contributed by atoms with van der Waals surface area (Å²) in [6.45, 7) is 6.23. The van der Waals surface area contributed by atoms with Crippen LogP contribution in [0.5, 0.6) is 0 Å². The molecule has 19 heavy (non-hydrogen) atoms. The number of halogens is 1. The molecule has 4 nitrogen and oxygen atoms in total. The summed E-state index contributed by atoms with van der Waals surface area (Å²) in [7, 11) is 0. The molecule has 0 unspecified atom stereocenters. The van der Waals surface area contributed by atoms with Crippen molar-refractivity contribution in [3.8, 4) is 0 Å². The predicted molar refractivity (Wildman–Crippen MR) is 78.9 cm³/mol. The molecule has 3 rings (SSSR count). The Morgan fingerprint density at radius 1 is 1.42 bits per heavy atom. The van der Waals surface area contributed by atoms with Crippen LogP contribution in [0.15, 0.2) is 36.9 Å². The van der Waals surface area contributed by atoms with Crippen LogP contribution in [-0.4, -0.2) is 21.1 Å². The van der Waals surface area contributed by atoms with Gasteiger partial charge in [0.15, 0.2) is 5.65 Å². The highest BCUT2D eigenvalue weighted by molar-refractivity contribution is 6.34. The Morgan fingerprint density at radius 2 is 2.21 bits per heavy atom. The lowest BCUT2D eigenvalue weighted by atomic mass is 10.2. The van der Waals surface area contributed by atoms with E-state index in [0.29, 0.717) is 17.2 Å². The number of aryl methyl sites for hydroxylation is 1. The van der Waals surface area contributed by atoms with Crippen LogP contribution in [0, 0.1) is 6.92 Å². The third-order valence-corrected chi connectivity index (χ3v) is 3.43. The smallest absolute Gasteiger partial charge is 0.176 e. The third kappa shape index (κ3) is 1.85. The van der Waals surface area contributed by atoms with Gasteiger partial charge in [0.2, 0.25) is 0 Å². The molecule has 3 aromatic rings. The molecule has 2 heterocycles. The van der Waals surface area contributed by atoms with Gasteiger partial charge in [-0.3, -0.25) is 0 Å². The second-order valence-electron chi connectivity index (χ2n) is 4.28. The largest absolute Gasteiger partial charge is 0.366 e. The Morgan fingerprint density at radius 3 is 3.00 bits per heavy atom. The average Bonchev–Trinajstić information content (AvgIpc) is 2.72. The summed E-state index contributed by atoms with van der Waals surface area (Å²) in [6, 6.07) is 7.97. The van der Waals surface area contributed by atoms with Gasteiger partial charge < -0.3 is 5.32 Å². The zero-order chi connectivity index (χ0) is 13.4. The molecule has 0 saturated carbocycles. The molecule has 5 heteroatoms. The fraction of sp³-hybridized carbons (Fsp3) is 0.143. The maximum absolute atomic E-state index is 6.25. The number of rotatable bonds is 3. The molecular weight excluding hydrogens is 260 g/mol. The van der Waals surface area contributed by atoms with Gasteiger partial charge in [0.1, 0.15) is 10.8 Å². The van der Waals surface area contributed by atoms with Gasteiger partial charge >= 0.3 is 0 Å². The summed E-state index contributed by atoms with van der Waals surface area (Å²) in [6.07, 6.45) is 1.80. The van der Waals surface area contributed by atoms with E-state index in [1.807, 2.05) is 31.2 Å². The Kier molecular flexibility index (Phi) is 2.87. The normalized spacial score (nSPS) is 11.1. The van der Waals surface area contributed by atoms with Gasteiger partial charge in [-0.15, -0.1) is 6.58 Å². The van der Waals surface area contributed by atoms with E-state index in [2.05, 4.69) is 22.0 Å². The van der Waals surface area contributed by atoms with E-state index in [4.69, 9.17) is 11.6 Å². The van der Waals surface area contributed by atoms with Crippen molar-refractivity contribution >= 4 is 34.0 Å². The number of benzene rings is 1. The minimum absolute atomic E-state index is 0.590. The van der Waals surface area contributed by atoms with Crippen LogP contribution >= 0.6 is 11.6 Å².